The zero-order valence-electron chi connectivity index (χ0n) is 5.34. The molecule has 0 aromatic heterocycles. The lowest BCUT2D eigenvalue weighted by molar-refractivity contribution is -0.377. The predicted molar refractivity (Wildman–Crippen MR) is 34.5 cm³/mol. The zero-order chi connectivity index (χ0) is 6.91. The number of rotatable bonds is 1. The summed E-state index contributed by atoms with van der Waals surface area (Å²) in [5.74, 6) is 1.10. The van der Waals surface area contributed by atoms with Gasteiger partial charge in [-0.25, -0.2) is 8.42 Å². The minimum atomic E-state index is -2.65. The van der Waals surface area contributed by atoms with Crippen LogP contribution in [0.3, 0.4) is 0 Å². The van der Waals surface area contributed by atoms with Crippen LogP contribution < -0.4 is 5.73 Å². The minimum Gasteiger partial charge on any atom is -0.357 e. The summed E-state index contributed by atoms with van der Waals surface area (Å²) in [7, 11) is -2.65. The molecule has 1 fully saturated rings. The van der Waals surface area contributed by atoms with Crippen LogP contribution in [0.1, 0.15) is 6.42 Å². The van der Waals surface area contributed by atoms with Gasteiger partial charge in [-0.05, 0) is 6.42 Å². The molecular weight excluding hydrogens is 138 g/mol. The largest absolute Gasteiger partial charge is 0.357 e. The second-order valence-electron chi connectivity index (χ2n) is 2.56. The summed E-state index contributed by atoms with van der Waals surface area (Å²) >= 11 is 0. The van der Waals surface area contributed by atoms with Gasteiger partial charge in [-0.2, -0.15) is 0 Å². The third-order valence-corrected chi connectivity index (χ3v) is 3.57. The highest BCUT2D eigenvalue weighted by atomic mass is 32.2. The van der Waals surface area contributed by atoms with E-state index in [1.807, 2.05) is 0 Å². The summed E-state index contributed by atoms with van der Waals surface area (Å²) in [5.41, 5.74) is 3.67. The Kier molecular flexibility index (Phi) is 1.77. The van der Waals surface area contributed by atoms with Crippen molar-refractivity contribution in [3.8, 4) is 0 Å². The maximum absolute atomic E-state index is 10.8. The maximum atomic E-state index is 10.8. The summed E-state index contributed by atoms with van der Waals surface area (Å²) in [6, 6.07) is 0. The fourth-order valence-electron chi connectivity index (χ4n) is 1.10. The highest BCUT2D eigenvalue weighted by molar-refractivity contribution is 7.91. The van der Waals surface area contributed by atoms with Crippen molar-refractivity contribution in [2.24, 2.45) is 5.92 Å². The topological polar surface area (TPSA) is 61.8 Å². The smallest absolute Gasteiger partial charge is 0.150 e. The van der Waals surface area contributed by atoms with Crippen LogP contribution in [-0.2, 0) is 9.84 Å². The maximum Gasteiger partial charge on any atom is 0.150 e. The first kappa shape index (κ1) is 7.02. The highest BCUT2D eigenvalue weighted by Gasteiger charge is 2.27. The molecule has 0 spiro atoms. The Bertz CT molecular complexity index is 185. The summed E-state index contributed by atoms with van der Waals surface area (Å²) in [6.45, 7) is 0.763. The van der Waals surface area contributed by atoms with Gasteiger partial charge >= 0.3 is 0 Å². The van der Waals surface area contributed by atoms with Gasteiger partial charge in [0.2, 0.25) is 0 Å². The summed E-state index contributed by atoms with van der Waals surface area (Å²) in [5, 5.41) is 0. The molecule has 0 saturated carbocycles. The first-order valence-electron chi connectivity index (χ1n) is 3.14. The van der Waals surface area contributed by atoms with Crippen molar-refractivity contribution >= 4 is 9.84 Å². The number of hydrogen-bond acceptors (Lipinski definition) is 2. The van der Waals surface area contributed by atoms with E-state index >= 15 is 0 Å². The van der Waals surface area contributed by atoms with Gasteiger partial charge in [-0.3, -0.25) is 0 Å². The molecule has 0 aliphatic carbocycles. The van der Waals surface area contributed by atoms with Crippen molar-refractivity contribution in [3.05, 3.63) is 0 Å². The molecule has 9 heavy (non-hydrogen) atoms. The van der Waals surface area contributed by atoms with Crippen LogP contribution >= 0.6 is 0 Å². The quantitative estimate of drug-likeness (QED) is 0.503. The van der Waals surface area contributed by atoms with Crippen molar-refractivity contribution in [3.63, 3.8) is 0 Å². The van der Waals surface area contributed by atoms with Crippen LogP contribution in [0.15, 0.2) is 0 Å². The fraction of sp³-hybridized carbons (Fsp3) is 1.00. The molecule has 1 heterocycles. The Morgan fingerprint density at radius 1 is 1.56 bits per heavy atom. The number of hydrogen-bond donors (Lipinski definition) is 1. The number of quaternary nitrogens is 1. The van der Waals surface area contributed by atoms with Gasteiger partial charge in [0, 0.05) is 5.92 Å². The highest BCUT2D eigenvalue weighted by Crippen LogP contribution is 2.15. The SMILES string of the molecule is [NH3+]C[C@H]1CCS(=O)(=O)C1. The van der Waals surface area contributed by atoms with Gasteiger partial charge < -0.3 is 5.73 Å². The standard InChI is InChI=1S/C5H11NO2S/c6-3-5-1-2-9(7,8)4-5/h5H,1-4,6H2/p+1/t5-/m1/s1. The van der Waals surface area contributed by atoms with Crippen LogP contribution in [0.5, 0.6) is 0 Å². The molecule has 1 aliphatic heterocycles. The van der Waals surface area contributed by atoms with E-state index in [0.29, 0.717) is 17.4 Å². The van der Waals surface area contributed by atoms with Crippen molar-refractivity contribution < 1.29 is 14.2 Å². The second-order valence-corrected chi connectivity index (χ2v) is 4.79. The van der Waals surface area contributed by atoms with Crippen molar-refractivity contribution in [2.75, 3.05) is 18.1 Å². The summed E-state index contributed by atoms with van der Waals surface area (Å²) in [4.78, 5) is 0. The first-order chi connectivity index (χ1) is 4.14. The van der Waals surface area contributed by atoms with E-state index in [2.05, 4.69) is 5.73 Å². The molecule has 0 amide bonds. The lowest BCUT2D eigenvalue weighted by Crippen LogP contribution is -2.53. The van der Waals surface area contributed by atoms with Crippen LogP contribution in [-0.4, -0.2) is 26.5 Å². The van der Waals surface area contributed by atoms with E-state index in [4.69, 9.17) is 0 Å². The van der Waals surface area contributed by atoms with Crippen molar-refractivity contribution in [1.82, 2.24) is 0 Å². The van der Waals surface area contributed by atoms with E-state index in [1.165, 1.54) is 0 Å². The molecule has 0 aromatic carbocycles. The van der Waals surface area contributed by atoms with Gasteiger partial charge in [-0.15, -0.1) is 0 Å². The monoisotopic (exact) mass is 150 g/mol. The number of sulfone groups is 1. The van der Waals surface area contributed by atoms with Gasteiger partial charge in [0.1, 0.15) is 0 Å². The second kappa shape index (κ2) is 2.27. The molecule has 1 atom stereocenters. The molecule has 3 N–H and O–H groups in total. The molecule has 3 nitrogen and oxygen atoms in total. The summed E-state index contributed by atoms with van der Waals surface area (Å²) in [6.07, 6.45) is 0.825. The van der Waals surface area contributed by atoms with Crippen LogP contribution in [0, 0.1) is 5.92 Å². The van der Waals surface area contributed by atoms with E-state index in [0.717, 1.165) is 13.0 Å². The average molecular weight is 150 g/mol. The van der Waals surface area contributed by atoms with Gasteiger partial charge in [0.05, 0.1) is 18.1 Å². The lowest BCUT2D eigenvalue weighted by Gasteiger charge is -1.95. The Balaban J connectivity index is 2.58. The molecule has 0 bridgehead atoms. The minimum absolute atomic E-state index is 0.343. The van der Waals surface area contributed by atoms with Crippen molar-refractivity contribution in [2.45, 2.75) is 6.42 Å². The molecule has 0 aromatic rings. The van der Waals surface area contributed by atoms with Gasteiger partial charge in [0.25, 0.3) is 0 Å². The third-order valence-electron chi connectivity index (χ3n) is 1.73. The Labute approximate surface area is 55.2 Å². The molecule has 1 aliphatic rings. The molecule has 4 heteroatoms. The Morgan fingerprint density at radius 3 is 2.44 bits per heavy atom. The van der Waals surface area contributed by atoms with Gasteiger partial charge in [0.15, 0.2) is 9.84 Å². The lowest BCUT2D eigenvalue weighted by atomic mass is 10.1. The molecule has 1 saturated heterocycles. The van der Waals surface area contributed by atoms with E-state index in [-0.39, 0.29) is 0 Å². The molecule has 0 radical (unpaired) electrons. The summed E-state index contributed by atoms with van der Waals surface area (Å²) < 4.78 is 21.5. The first-order valence-corrected chi connectivity index (χ1v) is 4.96. The van der Waals surface area contributed by atoms with Crippen LogP contribution in [0.4, 0.5) is 0 Å². The molecule has 0 unspecified atom stereocenters. The predicted octanol–water partition coefficient (Wildman–Crippen LogP) is -1.34. The third kappa shape index (κ3) is 1.66. The zero-order valence-corrected chi connectivity index (χ0v) is 6.15. The fourth-order valence-corrected chi connectivity index (χ4v) is 3.01. The normalized spacial score (nSPS) is 32.8. The molecule has 1 rings (SSSR count). The van der Waals surface area contributed by atoms with E-state index in [9.17, 15) is 8.42 Å². The van der Waals surface area contributed by atoms with Gasteiger partial charge in [-0.1, -0.05) is 0 Å². The van der Waals surface area contributed by atoms with E-state index < -0.39 is 9.84 Å². The molecule has 54 valence electrons. The Morgan fingerprint density at radius 2 is 2.22 bits per heavy atom. The Hall–Kier alpha value is -0.0900. The van der Waals surface area contributed by atoms with Crippen molar-refractivity contribution in [1.29, 1.82) is 0 Å². The average Bonchev–Trinajstić information content (AvgIpc) is 2.10. The van der Waals surface area contributed by atoms with Crippen LogP contribution in [0.25, 0.3) is 0 Å². The van der Waals surface area contributed by atoms with E-state index in [1.54, 1.807) is 0 Å². The van der Waals surface area contributed by atoms with Crippen LogP contribution in [0.2, 0.25) is 0 Å². The molecular formula is C5H12NO2S+.